The van der Waals surface area contributed by atoms with Gasteiger partial charge >= 0.3 is 19.8 Å². The zero-order chi connectivity index (χ0) is 40.8. The van der Waals surface area contributed by atoms with Crippen LogP contribution >= 0.6 is 7.82 Å². The van der Waals surface area contributed by atoms with E-state index in [1.54, 1.807) is 12.2 Å². The van der Waals surface area contributed by atoms with Crippen LogP contribution in [0.4, 0.5) is 0 Å². The monoisotopic (exact) mass is 799 g/mol. The highest BCUT2D eigenvalue weighted by molar-refractivity contribution is 7.47. The summed E-state index contributed by atoms with van der Waals surface area (Å²) in [5.41, 5.74) is 0. The van der Waals surface area contributed by atoms with Gasteiger partial charge in [0, 0.05) is 12.8 Å². The van der Waals surface area contributed by atoms with Gasteiger partial charge in [0.15, 0.2) is 6.10 Å². The predicted molar refractivity (Wildman–Crippen MR) is 220 cm³/mol. The van der Waals surface area contributed by atoms with Crippen molar-refractivity contribution >= 4 is 19.8 Å². The molecular weight excluding hydrogens is 723 g/mol. The smallest absolute Gasteiger partial charge is 0.462 e. The molecule has 11 nitrogen and oxygen atoms in total. The Morgan fingerprint density at radius 1 is 0.636 bits per heavy atom. The third-order valence-corrected chi connectivity index (χ3v) is 9.42. The van der Waals surface area contributed by atoms with Crippen LogP contribution in [0.25, 0.3) is 0 Å². The van der Waals surface area contributed by atoms with Gasteiger partial charge in [-0.15, -0.1) is 0 Å². The van der Waals surface area contributed by atoms with Gasteiger partial charge in [-0.1, -0.05) is 152 Å². The molecular formula is C43H75O11P. The number of esters is 2. The lowest BCUT2D eigenvalue weighted by atomic mass is 10.0. The Labute approximate surface area is 332 Å². The van der Waals surface area contributed by atoms with Crippen LogP contribution in [0.5, 0.6) is 0 Å². The second-order valence-electron chi connectivity index (χ2n) is 14.3. The average Bonchev–Trinajstić information content (AvgIpc) is 3.15. The third kappa shape index (κ3) is 38.3. The summed E-state index contributed by atoms with van der Waals surface area (Å²) < 4.78 is 32.5. The lowest BCUT2D eigenvalue weighted by Crippen LogP contribution is -2.30. The number of hydrogen-bond donors (Lipinski definition) is 4. The van der Waals surface area contributed by atoms with Crippen molar-refractivity contribution in [1.82, 2.24) is 0 Å². The van der Waals surface area contributed by atoms with E-state index in [1.807, 2.05) is 12.2 Å². The van der Waals surface area contributed by atoms with Crippen molar-refractivity contribution in [2.75, 3.05) is 26.4 Å². The van der Waals surface area contributed by atoms with E-state index in [0.717, 1.165) is 50.9 Å². The molecule has 2 unspecified atom stereocenters. The zero-order valence-corrected chi connectivity index (χ0v) is 35.0. The average molecular weight is 799 g/mol. The minimum atomic E-state index is -4.67. The van der Waals surface area contributed by atoms with E-state index in [-0.39, 0.29) is 19.4 Å². The molecule has 0 aliphatic rings. The van der Waals surface area contributed by atoms with Crippen LogP contribution in [0.1, 0.15) is 149 Å². The number of rotatable bonds is 37. The van der Waals surface area contributed by atoms with Crippen LogP contribution in [0.2, 0.25) is 0 Å². The summed E-state index contributed by atoms with van der Waals surface area (Å²) in [5.74, 6) is -0.344. The molecule has 0 saturated carbocycles. The Hall–Kier alpha value is -2.37. The minimum Gasteiger partial charge on any atom is -0.462 e. The SMILES string of the molecule is CC/C=C\C/C=C\C/C=C\C/C=C\C=C\C(O)CCCC(=O)O[C@H](COC(=O)CCCCCCCCCCCCCC(C)C)COP(=O)(O)OC[C@@H](O)CO. The number of aliphatic hydroxyl groups is 3. The summed E-state index contributed by atoms with van der Waals surface area (Å²) in [6.45, 7) is 4.33. The van der Waals surface area contributed by atoms with Gasteiger partial charge in [-0.3, -0.25) is 18.6 Å². The van der Waals surface area contributed by atoms with Crippen LogP contribution in [-0.2, 0) is 32.7 Å². The van der Waals surface area contributed by atoms with Crippen LogP contribution < -0.4 is 0 Å². The van der Waals surface area contributed by atoms with Gasteiger partial charge in [0.2, 0.25) is 0 Å². The Balaban J connectivity index is 4.54. The Kier molecular flexibility index (Phi) is 35.6. The highest BCUT2D eigenvalue weighted by Gasteiger charge is 2.27. The third-order valence-electron chi connectivity index (χ3n) is 8.47. The molecule has 4 atom stereocenters. The molecule has 0 aromatic heterocycles. The molecule has 0 bridgehead atoms. The van der Waals surface area contributed by atoms with E-state index in [1.165, 1.54) is 51.4 Å². The molecule has 55 heavy (non-hydrogen) atoms. The molecule has 0 fully saturated rings. The minimum absolute atomic E-state index is 0.0480. The van der Waals surface area contributed by atoms with E-state index < -0.39 is 57.9 Å². The quantitative estimate of drug-likeness (QED) is 0.0155. The number of aliphatic hydroxyl groups excluding tert-OH is 3. The Morgan fingerprint density at radius 3 is 1.75 bits per heavy atom. The molecule has 12 heteroatoms. The van der Waals surface area contributed by atoms with Crippen molar-refractivity contribution < 1.29 is 52.9 Å². The number of carbonyl (C=O) groups is 2. The summed E-state index contributed by atoms with van der Waals surface area (Å²) in [6, 6.07) is 0. The summed E-state index contributed by atoms with van der Waals surface area (Å²) in [6.07, 6.45) is 35.1. The van der Waals surface area contributed by atoms with Gasteiger partial charge < -0.3 is 29.7 Å². The first-order valence-corrected chi connectivity index (χ1v) is 22.2. The van der Waals surface area contributed by atoms with Gasteiger partial charge in [0.1, 0.15) is 12.7 Å². The van der Waals surface area contributed by atoms with Crippen molar-refractivity contribution in [3.05, 3.63) is 60.8 Å². The normalized spacial score (nSPS) is 15.2. The maximum Gasteiger partial charge on any atom is 0.472 e. The van der Waals surface area contributed by atoms with Crippen molar-refractivity contribution in [1.29, 1.82) is 0 Å². The molecule has 0 heterocycles. The number of phosphoric acid groups is 1. The molecule has 0 amide bonds. The second kappa shape index (κ2) is 37.2. The summed E-state index contributed by atoms with van der Waals surface area (Å²) in [5, 5.41) is 28.6. The van der Waals surface area contributed by atoms with Crippen LogP contribution in [-0.4, -0.2) is 76.9 Å². The number of carbonyl (C=O) groups excluding carboxylic acids is 2. The van der Waals surface area contributed by atoms with Crippen LogP contribution in [0.3, 0.4) is 0 Å². The molecule has 0 rings (SSSR count). The highest BCUT2D eigenvalue weighted by atomic mass is 31.2. The molecule has 318 valence electrons. The first-order valence-electron chi connectivity index (χ1n) is 20.7. The van der Waals surface area contributed by atoms with Crippen molar-refractivity contribution in [2.24, 2.45) is 5.92 Å². The highest BCUT2D eigenvalue weighted by Crippen LogP contribution is 2.43. The molecule has 0 aliphatic heterocycles. The fourth-order valence-electron chi connectivity index (χ4n) is 5.26. The van der Waals surface area contributed by atoms with E-state index in [0.29, 0.717) is 19.3 Å². The maximum absolute atomic E-state index is 12.6. The number of ether oxygens (including phenoxy) is 2. The molecule has 0 aromatic carbocycles. The lowest BCUT2D eigenvalue weighted by Gasteiger charge is -2.20. The number of allylic oxidation sites excluding steroid dienone is 9. The Bertz CT molecular complexity index is 1130. The molecule has 0 spiro atoms. The van der Waals surface area contributed by atoms with E-state index in [9.17, 15) is 29.3 Å². The van der Waals surface area contributed by atoms with Crippen molar-refractivity contribution in [2.45, 2.75) is 167 Å². The number of unbranched alkanes of at least 4 members (excludes halogenated alkanes) is 10. The zero-order valence-electron chi connectivity index (χ0n) is 34.1. The van der Waals surface area contributed by atoms with E-state index in [2.05, 4.69) is 61.8 Å². The molecule has 0 aliphatic carbocycles. The van der Waals surface area contributed by atoms with Gasteiger partial charge in [-0.25, -0.2) is 4.57 Å². The second-order valence-corrected chi connectivity index (χ2v) is 15.8. The number of hydrogen-bond acceptors (Lipinski definition) is 10. The molecule has 0 saturated heterocycles. The molecule has 4 N–H and O–H groups in total. The Morgan fingerprint density at radius 2 is 1.16 bits per heavy atom. The van der Waals surface area contributed by atoms with Gasteiger partial charge in [0.05, 0.1) is 25.9 Å². The molecule has 0 radical (unpaired) electrons. The van der Waals surface area contributed by atoms with Gasteiger partial charge in [-0.05, 0) is 50.9 Å². The standard InChI is InChI=1S/C43H75O11P/c1-4-5-6-7-8-9-10-11-14-17-20-23-26-30-39(45)31-28-33-43(48)54-41(37-53-55(49,50)52-35-40(46)34-44)36-51-42(47)32-27-24-21-18-15-12-13-16-19-22-25-29-38(2)3/h5-6,8-9,11,14,20,23,26,30,38-41,44-46H,4,7,10,12-13,15-19,21-22,24-25,27-29,31-37H2,1-3H3,(H,49,50)/b6-5-,9-8-,14-11-,23-20-,30-26+/t39?,40-,41+/m0/s1. The number of phosphoric ester groups is 1. The largest absolute Gasteiger partial charge is 0.472 e. The van der Waals surface area contributed by atoms with Crippen LogP contribution in [0, 0.1) is 5.92 Å². The first kappa shape index (κ1) is 52.6. The summed E-state index contributed by atoms with van der Waals surface area (Å²) in [4.78, 5) is 34.9. The van der Waals surface area contributed by atoms with E-state index >= 15 is 0 Å². The van der Waals surface area contributed by atoms with Crippen molar-refractivity contribution in [3.8, 4) is 0 Å². The lowest BCUT2D eigenvalue weighted by molar-refractivity contribution is -0.161. The fraction of sp³-hybridized carbons (Fsp3) is 0.721. The predicted octanol–water partition coefficient (Wildman–Crippen LogP) is 9.55. The summed E-state index contributed by atoms with van der Waals surface area (Å²) >= 11 is 0. The van der Waals surface area contributed by atoms with Gasteiger partial charge in [-0.2, -0.15) is 0 Å². The van der Waals surface area contributed by atoms with Crippen molar-refractivity contribution in [3.63, 3.8) is 0 Å². The first-order chi connectivity index (χ1) is 26.5. The fourth-order valence-corrected chi connectivity index (χ4v) is 6.05. The molecule has 0 aromatic rings. The maximum atomic E-state index is 12.6. The van der Waals surface area contributed by atoms with Gasteiger partial charge in [0.25, 0.3) is 0 Å². The topological polar surface area (TPSA) is 169 Å². The van der Waals surface area contributed by atoms with E-state index in [4.69, 9.17) is 19.1 Å². The summed E-state index contributed by atoms with van der Waals surface area (Å²) in [7, 11) is -4.67. The van der Waals surface area contributed by atoms with Crippen LogP contribution in [0.15, 0.2) is 60.8 Å².